The number of hydrogen-bond donors (Lipinski definition) is 1. The molecule has 1 amide bonds. The Morgan fingerprint density at radius 2 is 1.91 bits per heavy atom. The minimum atomic E-state index is -1.24. The number of aromatic nitrogens is 1. The molecule has 166 valence electrons. The zero-order valence-electron chi connectivity index (χ0n) is 17.2. The topological polar surface area (TPSA) is 121 Å². The van der Waals surface area contributed by atoms with Crippen molar-refractivity contribution in [1.82, 2.24) is 4.98 Å². The molecule has 0 aliphatic carbocycles. The lowest BCUT2D eigenvalue weighted by atomic mass is 10.2. The first-order chi connectivity index (χ1) is 15.2. The van der Waals surface area contributed by atoms with Crippen LogP contribution in [0.1, 0.15) is 22.3 Å². The summed E-state index contributed by atoms with van der Waals surface area (Å²) in [6.07, 6.45) is -1.24. The van der Waals surface area contributed by atoms with Crippen LogP contribution in [0.3, 0.4) is 0 Å². The molecular formula is C21H18FN3O6S. The molecule has 1 unspecified atom stereocenters. The maximum atomic E-state index is 13.1. The number of ether oxygens (including phenoxy) is 2. The van der Waals surface area contributed by atoms with E-state index in [4.69, 9.17) is 9.47 Å². The smallest absolute Gasteiger partial charge is 0.351 e. The summed E-state index contributed by atoms with van der Waals surface area (Å²) in [7, 11) is 1.36. The number of carbonyl (C=O) groups is 2. The molecule has 3 aromatic rings. The Bertz CT molecular complexity index is 1180. The number of nitro benzene ring substituents is 1. The van der Waals surface area contributed by atoms with Gasteiger partial charge in [0.05, 0.1) is 23.8 Å². The molecular weight excluding hydrogens is 441 g/mol. The summed E-state index contributed by atoms with van der Waals surface area (Å²) < 4.78 is 23.3. The first-order valence-corrected chi connectivity index (χ1v) is 10.1. The second-order valence-corrected chi connectivity index (χ2v) is 7.62. The Kier molecular flexibility index (Phi) is 6.79. The van der Waals surface area contributed by atoms with Gasteiger partial charge in [-0.2, -0.15) is 0 Å². The van der Waals surface area contributed by atoms with Crippen molar-refractivity contribution in [3.05, 3.63) is 69.0 Å². The van der Waals surface area contributed by atoms with Crippen molar-refractivity contribution in [2.75, 3.05) is 12.4 Å². The number of methoxy groups -OCH3 is 1. The standard InChI is InChI=1S/C21H18FN3O6S/c1-11-18(32-20(23-11)13-4-6-14(22)7-5-13)21(27)31-12(2)19(26)24-16-9-8-15(30-3)10-17(16)25(28)29/h4-10,12H,1-3H3,(H,24,26). The fourth-order valence-corrected chi connectivity index (χ4v) is 3.65. The molecule has 0 aliphatic rings. The molecule has 2 aromatic carbocycles. The normalized spacial score (nSPS) is 11.5. The second kappa shape index (κ2) is 9.52. The summed E-state index contributed by atoms with van der Waals surface area (Å²) in [5, 5.41) is 14.2. The van der Waals surface area contributed by atoms with E-state index >= 15 is 0 Å². The van der Waals surface area contributed by atoms with Gasteiger partial charge in [0.2, 0.25) is 0 Å². The highest BCUT2D eigenvalue weighted by molar-refractivity contribution is 7.17. The van der Waals surface area contributed by atoms with Crippen molar-refractivity contribution in [3.63, 3.8) is 0 Å². The number of aryl methyl sites for hydroxylation is 1. The monoisotopic (exact) mass is 459 g/mol. The van der Waals surface area contributed by atoms with Crippen molar-refractivity contribution in [3.8, 4) is 16.3 Å². The number of rotatable bonds is 7. The van der Waals surface area contributed by atoms with Gasteiger partial charge in [0.25, 0.3) is 11.6 Å². The van der Waals surface area contributed by atoms with Crippen molar-refractivity contribution in [1.29, 1.82) is 0 Å². The number of anilines is 1. The van der Waals surface area contributed by atoms with Crippen LogP contribution in [0.15, 0.2) is 42.5 Å². The molecule has 0 radical (unpaired) electrons. The quantitative estimate of drug-likeness (QED) is 0.317. The number of nitro groups is 1. The maximum absolute atomic E-state index is 13.1. The zero-order valence-corrected chi connectivity index (χ0v) is 18.1. The van der Waals surface area contributed by atoms with Gasteiger partial charge >= 0.3 is 5.97 Å². The number of amides is 1. The Morgan fingerprint density at radius 3 is 2.53 bits per heavy atom. The van der Waals surface area contributed by atoms with Crippen molar-refractivity contribution >= 4 is 34.6 Å². The van der Waals surface area contributed by atoms with E-state index in [1.165, 1.54) is 44.4 Å². The summed E-state index contributed by atoms with van der Waals surface area (Å²) in [6, 6.07) is 9.61. The van der Waals surface area contributed by atoms with E-state index in [0.29, 0.717) is 16.3 Å². The van der Waals surface area contributed by atoms with Crippen molar-refractivity contribution < 1.29 is 28.4 Å². The Hall–Kier alpha value is -3.86. The van der Waals surface area contributed by atoms with Gasteiger partial charge in [-0.15, -0.1) is 11.3 Å². The number of hydrogen-bond acceptors (Lipinski definition) is 8. The number of carbonyl (C=O) groups excluding carboxylic acids is 2. The van der Waals surface area contributed by atoms with Gasteiger partial charge in [0.15, 0.2) is 6.10 Å². The highest BCUT2D eigenvalue weighted by Gasteiger charge is 2.25. The fraction of sp³-hybridized carbons (Fsp3) is 0.190. The van der Waals surface area contributed by atoms with Crippen LogP contribution in [-0.2, 0) is 9.53 Å². The third-order valence-corrected chi connectivity index (χ3v) is 5.57. The van der Waals surface area contributed by atoms with Crippen LogP contribution in [0.5, 0.6) is 5.75 Å². The Balaban J connectivity index is 1.71. The van der Waals surface area contributed by atoms with E-state index in [9.17, 15) is 24.1 Å². The van der Waals surface area contributed by atoms with E-state index in [1.807, 2.05) is 0 Å². The lowest BCUT2D eigenvalue weighted by Crippen LogP contribution is -2.30. The highest BCUT2D eigenvalue weighted by atomic mass is 32.1. The van der Waals surface area contributed by atoms with Gasteiger partial charge in [0.1, 0.15) is 27.1 Å². The molecule has 1 atom stereocenters. The third-order valence-electron chi connectivity index (χ3n) is 4.39. The largest absolute Gasteiger partial charge is 0.496 e. The average Bonchev–Trinajstić information content (AvgIpc) is 3.15. The molecule has 0 bridgehead atoms. The second-order valence-electron chi connectivity index (χ2n) is 6.62. The van der Waals surface area contributed by atoms with Gasteiger partial charge in [-0.05, 0) is 50.2 Å². The molecule has 0 saturated heterocycles. The van der Waals surface area contributed by atoms with Crippen LogP contribution in [-0.4, -0.2) is 35.0 Å². The van der Waals surface area contributed by atoms with Crippen LogP contribution < -0.4 is 10.1 Å². The lowest BCUT2D eigenvalue weighted by molar-refractivity contribution is -0.384. The number of esters is 1. The van der Waals surface area contributed by atoms with Crippen molar-refractivity contribution in [2.24, 2.45) is 0 Å². The summed E-state index contributed by atoms with van der Waals surface area (Å²) >= 11 is 1.05. The molecule has 32 heavy (non-hydrogen) atoms. The number of benzene rings is 2. The average molecular weight is 459 g/mol. The van der Waals surface area contributed by atoms with Crippen LogP contribution in [0.4, 0.5) is 15.8 Å². The number of halogens is 1. The first kappa shape index (κ1) is 22.8. The van der Waals surface area contributed by atoms with E-state index in [0.717, 1.165) is 11.3 Å². The molecule has 11 heteroatoms. The zero-order chi connectivity index (χ0) is 23.4. The van der Waals surface area contributed by atoms with Gasteiger partial charge < -0.3 is 14.8 Å². The molecule has 1 aromatic heterocycles. The third kappa shape index (κ3) is 5.06. The summed E-state index contributed by atoms with van der Waals surface area (Å²) in [5.74, 6) is -1.64. The van der Waals surface area contributed by atoms with E-state index in [2.05, 4.69) is 10.3 Å². The Morgan fingerprint density at radius 1 is 1.22 bits per heavy atom. The summed E-state index contributed by atoms with van der Waals surface area (Å²) in [4.78, 5) is 40.1. The van der Waals surface area contributed by atoms with Crippen LogP contribution in [0.2, 0.25) is 0 Å². The van der Waals surface area contributed by atoms with Gasteiger partial charge in [0, 0.05) is 5.56 Å². The number of nitrogens with zero attached hydrogens (tertiary/aromatic N) is 2. The summed E-state index contributed by atoms with van der Waals surface area (Å²) in [5.41, 5.74) is 0.614. The molecule has 0 saturated carbocycles. The molecule has 1 heterocycles. The predicted molar refractivity (Wildman–Crippen MR) is 115 cm³/mol. The van der Waals surface area contributed by atoms with Gasteiger partial charge in [-0.25, -0.2) is 14.2 Å². The molecule has 9 nitrogen and oxygen atoms in total. The first-order valence-electron chi connectivity index (χ1n) is 9.27. The van der Waals surface area contributed by atoms with Crippen molar-refractivity contribution in [2.45, 2.75) is 20.0 Å². The van der Waals surface area contributed by atoms with Crippen LogP contribution >= 0.6 is 11.3 Å². The molecule has 3 rings (SSSR count). The maximum Gasteiger partial charge on any atom is 0.351 e. The minimum Gasteiger partial charge on any atom is -0.496 e. The number of thiazole rings is 1. The predicted octanol–water partition coefficient (Wildman–Crippen LogP) is 4.36. The van der Waals surface area contributed by atoms with E-state index < -0.39 is 28.7 Å². The van der Waals surface area contributed by atoms with Crippen LogP contribution in [0, 0.1) is 22.9 Å². The van der Waals surface area contributed by atoms with E-state index in [-0.39, 0.29) is 22.0 Å². The highest BCUT2D eigenvalue weighted by Crippen LogP contribution is 2.30. The van der Waals surface area contributed by atoms with Crippen LogP contribution in [0.25, 0.3) is 10.6 Å². The molecule has 1 N–H and O–H groups in total. The number of nitrogens with one attached hydrogen (secondary N) is 1. The Labute approximate surface area is 186 Å². The molecule has 0 spiro atoms. The van der Waals surface area contributed by atoms with Gasteiger partial charge in [-0.1, -0.05) is 0 Å². The lowest BCUT2D eigenvalue weighted by Gasteiger charge is -2.13. The van der Waals surface area contributed by atoms with Gasteiger partial charge in [-0.3, -0.25) is 14.9 Å². The fourth-order valence-electron chi connectivity index (χ4n) is 2.70. The molecule has 0 aliphatic heterocycles. The van der Waals surface area contributed by atoms with E-state index in [1.54, 1.807) is 19.1 Å². The summed E-state index contributed by atoms with van der Waals surface area (Å²) in [6.45, 7) is 2.96. The molecule has 0 fully saturated rings. The minimum absolute atomic E-state index is 0.0590. The SMILES string of the molecule is COc1ccc(NC(=O)C(C)OC(=O)c2sc(-c3ccc(F)cc3)nc2C)c([N+](=O)[O-])c1.